The number of ether oxygens (including phenoxy) is 2. The van der Waals surface area contributed by atoms with Crippen LogP contribution >= 0.6 is 0 Å². The van der Waals surface area contributed by atoms with E-state index < -0.39 is 6.10 Å². The van der Waals surface area contributed by atoms with Crippen LogP contribution in [0, 0.1) is 0 Å². The SMILES string of the molecule is CC(O)CO.CCCCOCCCOCCCC. The third-order valence-corrected chi connectivity index (χ3v) is 2.13. The Bertz CT molecular complexity index is 119. The number of aliphatic hydroxyl groups excluding tert-OH is 2. The predicted octanol–water partition coefficient (Wildman–Crippen LogP) is 2.37. The first-order valence-corrected chi connectivity index (χ1v) is 7.13. The van der Waals surface area contributed by atoms with Gasteiger partial charge in [-0.15, -0.1) is 0 Å². The van der Waals surface area contributed by atoms with Gasteiger partial charge in [-0.25, -0.2) is 0 Å². The van der Waals surface area contributed by atoms with E-state index in [9.17, 15) is 0 Å². The van der Waals surface area contributed by atoms with Gasteiger partial charge in [0.15, 0.2) is 0 Å². The molecule has 1 atom stereocenters. The molecule has 4 nitrogen and oxygen atoms in total. The average Bonchev–Trinajstić information content (AvgIpc) is 2.37. The van der Waals surface area contributed by atoms with Crippen molar-refractivity contribution in [3.05, 3.63) is 0 Å². The van der Waals surface area contributed by atoms with Crippen LogP contribution in [-0.2, 0) is 9.47 Å². The van der Waals surface area contributed by atoms with E-state index in [1.165, 1.54) is 32.6 Å². The van der Waals surface area contributed by atoms with Crippen molar-refractivity contribution in [2.24, 2.45) is 0 Å². The van der Waals surface area contributed by atoms with Gasteiger partial charge >= 0.3 is 0 Å². The summed E-state index contributed by atoms with van der Waals surface area (Å²) in [5, 5.41) is 16.0. The number of rotatable bonds is 11. The van der Waals surface area contributed by atoms with Gasteiger partial charge in [0.05, 0.1) is 12.7 Å². The van der Waals surface area contributed by atoms with E-state index in [2.05, 4.69) is 13.8 Å². The fraction of sp³-hybridized carbons (Fsp3) is 1.00. The Labute approximate surface area is 112 Å². The zero-order chi connectivity index (χ0) is 14.1. The molecule has 18 heavy (non-hydrogen) atoms. The molecule has 0 saturated heterocycles. The third kappa shape index (κ3) is 24.9. The second-order valence-electron chi connectivity index (χ2n) is 4.32. The van der Waals surface area contributed by atoms with Crippen molar-refractivity contribution < 1.29 is 19.7 Å². The van der Waals surface area contributed by atoms with Gasteiger partial charge in [-0.3, -0.25) is 0 Å². The lowest BCUT2D eigenvalue weighted by molar-refractivity contribution is 0.0805. The molecule has 0 saturated carbocycles. The second kappa shape index (κ2) is 19.2. The molecule has 4 heteroatoms. The summed E-state index contributed by atoms with van der Waals surface area (Å²) in [7, 11) is 0. The molecule has 0 aromatic carbocycles. The number of hydrogen-bond acceptors (Lipinski definition) is 4. The van der Waals surface area contributed by atoms with Crippen molar-refractivity contribution >= 4 is 0 Å². The molecule has 0 aromatic rings. The van der Waals surface area contributed by atoms with Crippen LogP contribution in [0.1, 0.15) is 52.9 Å². The minimum absolute atomic E-state index is 0.139. The maximum Gasteiger partial charge on any atom is 0.0742 e. The fourth-order valence-electron chi connectivity index (χ4n) is 0.960. The minimum atomic E-state index is -0.560. The van der Waals surface area contributed by atoms with E-state index in [0.29, 0.717) is 0 Å². The first-order valence-electron chi connectivity index (χ1n) is 7.13. The van der Waals surface area contributed by atoms with Crippen LogP contribution in [0.2, 0.25) is 0 Å². The van der Waals surface area contributed by atoms with Crippen LogP contribution in [0.3, 0.4) is 0 Å². The summed E-state index contributed by atoms with van der Waals surface area (Å²) >= 11 is 0. The molecule has 2 N–H and O–H groups in total. The molecule has 0 radical (unpaired) electrons. The van der Waals surface area contributed by atoms with E-state index in [1.54, 1.807) is 0 Å². The lowest BCUT2D eigenvalue weighted by atomic mass is 10.3. The second-order valence-corrected chi connectivity index (χ2v) is 4.32. The molecule has 0 aliphatic rings. The Kier molecular flexibility index (Phi) is 21.5. The maximum absolute atomic E-state index is 8.11. The predicted molar refractivity (Wildman–Crippen MR) is 74.8 cm³/mol. The smallest absolute Gasteiger partial charge is 0.0742 e. The van der Waals surface area contributed by atoms with Crippen molar-refractivity contribution in [1.82, 2.24) is 0 Å². The van der Waals surface area contributed by atoms with Crippen LogP contribution in [0.5, 0.6) is 0 Å². The largest absolute Gasteiger partial charge is 0.394 e. The van der Waals surface area contributed by atoms with E-state index >= 15 is 0 Å². The van der Waals surface area contributed by atoms with Gasteiger partial charge in [-0.05, 0) is 26.2 Å². The lowest BCUT2D eigenvalue weighted by Gasteiger charge is -2.04. The molecule has 1 unspecified atom stereocenters. The van der Waals surface area contributed by atoms with Crippen LogP contribution in [0.15, 0.2) is 0 Å². The Morgan fingerprint density at radius 2 is 1.17 bits per heavy atom. The summed E-state index contributed by atoms with van der Waals surface area (Å²) in [5.74, 6) is 0. The van der Waals surface area contributed by atoms with Gasteiger partial charge in [0, 0.05) is 26.4 Å². The molecule has 0 spiro atoms. The zero-order valence-electron chi connectivity index (χ0n) is 12.4. The highest BCUT2D eigenvalue weighted by atomic mass is 16.5. The molecule has 0 bridgehead atoms. The lowest BCUT2D eigenvalue weighted by Crippen LogP contribution is -2.03. The minimum Gasteiger partial charge on any atom is -0.394 e. The first-order chi connectivity index (χ1) is 8.68. The van der Waals surface area contributed by atoms with Crippen molar-refractivity contribution in [3.63, 3.8) is 0 Å². The van der Waals surface area contributed by atoms with Gasteiger partial charge in [0.2, 0.25) is 0 Å². The quantitative estimate of drug-likeness (QED) is 0.562. The standard InChI is InChI=1S/C11H24O2.C3H8O2/c1-3-5-8-12-10-7-11-13-9-6-4-2;1-3(5)2-4/h3-11H2,1-2H3;3-5H,2H2,1H3. The molecule has 0 aromatic heterocycles. The highest BCUT2D eigenvalue weighted by Gasteiger charge is 1.89. The van der Waals surface area contributed by atoms with Crippen molar-refractivity contribution in [2.75, 3.05) is 33.0 Å². The van der Waals surface area contributed by atoms with Gasteiger partial charge in [0.1, 0.15) is 0 Å². The molecule has 0 heterocycles. The summed E-state index contributed by atoms with van der Waals surface area (Å²) in [6.07, 6.45) is 5.26. The van der Waals surface area contributed by atoms with Gasteiger partial charge in [-0.2, -0.15) is 0 Å². The van der Waals surface area contributed by atoms with Crippen LogP contribution < -0.4 is 0 Å². The number of hydrogen-bond donors (Lipinski definition) is 2. The molecular formula is C14H32O4. The fourth-order valence-corrected chi connectivity index (χ4v) is 0.960. The van der Waals surface area contributed by atoms with Gasteiger partial charge in [-0.1, -0.05) is 26.7 Å². The molecule has 0 rings (SSSR count). The van der Waals surface area contributed by atoms with E-state index in [1.807, 2.05) is 0 Å². The van der Waals surface area contributed by atoms with E-state index in [-0.39, 0.29) is 6.61 Å². The normalized spacial score (nSPS) is 11.8. The first kappa shape index (κ1) is 20.2. The topological polar surface area (TPSA) is 58.9 Å². The number of aliphatic hydroxyl groups is 2. The van der Waals surface area contributed by atoms with Crippen LogP contribution in [-0.4, -0.2) is 49.4 Å². The molecule has 0 aliphatic carbocycles. The molecule has 0 aliphatic heterocycles. The van der Waals surface area contributed by atoms with Gasteiger partial charge in [0.25, 0.3) is 0 Å². The molecule has 0 amide bonds. The molecule has 112 valence electrons. The van der Waals surface area contributed by atoms with Crippen molar-refractivity contribution in [1.29, 1.82) is 0 Å². The molecule has 0 fully saturated rings. The summed E-state index contributed by atoms with van der Waals surface area (Å²) < 4.78 is 10.8. The summed E-state index contributed by atoms with van der Waals surface area (Å²) in [6, 6.07) is 0. The number of unbranched alkanes of at least 4 members (excludes halogenated alkanes) is 2. The zero-order valence-corrected chi connectivity index (χ0v) is 12.4. The van der Waals surface area contributed by atoms with Gasteiger partial charge < -0.3 is 19.7 Å². The van der Waals surface area contributed by atoms with Crippen LogP contribution in [0.25, 0.3) is 0 Å². The van der Waals surface area contributed by atoms with E-state index in [4.69, 9.17) is 19.7 Å². The van der Waals surface area contributed by atoms with E-state index in [0.717, 1.165) is 32.8 Å². The average molecular weight is 264 g/mol. The summed E-state index contributed by atoms with van der Waals surface area (Å²) in [4.78, 5) is 0. The van der Waals surface area contributed by atoms with Crippen molar-refractivity contribution in [2.45, 2.75) is 59.0 Å². The maximum atomic E-state index is 8.11. The Hall–Kier alpha value is -0.160. The Morgan fingerprint density at radius 1 is 0.833 bits per heavy atom. The van der Waals surface area contributed by atoms with Crippen LogP contribution in [0.4, 0.5) is 0 Å². The third-order valence-electron chi connectivity index (χ3n) is 2.13. The molecular weight excluding hydrogens is 232 g/mol. The Balaban J connectivity index is 0. The highest BCUT2D eigenvalue weighted by molar-refractivity contribution is 4.37. The van der Waals surface area contributed by atoms with Crippen molar-refractivity contribution in [3.8, 4) is 0 Å². The summed E-state index contributed by atoms with van der Waals surface area (Å²) in [6.45, 7) is 9.27. The highest BCUT2D eigenvalue weighted by Crippen LogP contribution is 1.92. The summed E-state index contributed by atoms with van der Waals surface area (Å²) in [5.41, 5.74) is 0. The monoisotopic (exact) mass is 264 g/mol. The Morgan fingerprint density at radius 3 is 1.44 bits per heavy atom.